The number of ether oxygens (including phenoxy) is 1. The molecule has 0 aliphatic carbocycles. The maximum Gasteiger partial charge on any atom is 0.127 e. The normalized spacial score (nSPS) is 10.0. The topological polar surface area (TPSA) is 26.3 Å². The summed E-state index contributed by atoms with van der Waals surface area (Å²) in [5, 5.41) is 0. The van der Waals surface area contributed by atoms with Crippen molar-refractivity contribution in [2.75, 3.05) is 0 Å². The van der Waals surface area contributed by atoms with Crippen LogP contribution >= 0.6 is 0 Å². The van der Waals surface area contributed by atoms with Gasteiger partial charge in [-0.1, -0.05) is 30.3 Å². The summed E-state index contributed by atoms with van der Waals surface area (Å²) < 4.78 is 5.70. The fourth-order valence-corrected chi connectivity index (χ4v) is 1.74. The Balaban J connectivity index is 1.93. The Morgan fingerprint density at radius 1 is 0.889 bits per heavy atom. The minimum Gasteiger partial charge on any atom is -0.457 e. The molecule has 2 rings (SSSR count). The van der Waals surface area contributed by atoms with Crippen molar-refractivity contribution in [1.82, 2.24) is 0 Å². The largest absolute Gasteiger partial charge is 0.457 e. The third-order valence-corrected chi connectivity index (χ3v) is 2.69. The molecule has 92 valence electrons. The molecule has 0 aliphatic heterocycles. The molecule has 2 heteroatoms. The van der Waals surface area contributed by atoms with Crippen molar-refractivity contribution in [3.05, 3.63) is 60.2 Å². The number of carbonyl (C=O) groups is 1. The van der Waals surface area contributed by atoms with E-state index in [4.69, 9.17) is 4.74 Å². The van der Waals surface area contributed by atoms with Crippen LogP contribution in [-0.4, -0.2) is 6.29 Å². The lowest BCUT2D eigenvalue weighted by Crippen LogP contribution is -1.88. The van der Waals surface area contributed by atoms with E-state index < -0.39 is 0 Å². The van der Waals surface area contributed by atoms with E-state index in [0.717, 1.165) is 30.6 Å². The Labute approximate surface area is 107 Å². The van der Waals surface area contributed by atoms with E-state index in [9.17, 15) is 4.79 Å². The summed E-state index contributed by atoms with van der Waals surface area (Å²) in [6.07, 6.45) is 3.43. The van der Waals surface area contributed by atoms with Gasteiger partial charge in [-0.2, -0.15) is 0 Å². The van der Waals surface area contributed by atoms with Crippen LogP contribution in [0.25, 0.3) is 0 Å². The van der Waals surface area contributed by atoms with Gasteiger partial charge in [-0.15, -0.1) is 0 Å². The standard InChI is InChI=1S/C16H16O2/c17-13-5-4-6-14-9-11-16(12-10-14)18-15-7-2-1-3-8-15/h1-3,7-13H,4-6H2. The van der Waals surface area contributed by atoms with Crippen LogP contribution in [-0.2, 0) is 11.2 Å². The van der Waals surface area contributed by atoms with Crippen LogP contribution in [0.4, 0.5) is 0 Å². The Morgan fingerprint density at radius 3 is 2.22 bits per heavy atom. The Morgan fingerprint density at radius 2 is 1.56 bits per heavy atom. The number of unbranched alkanes of at least 4 members (excludes halogenated alkanes) is 1. The monoisotopic (exact) mass is 240 g/mol. The molecule has 0 bridgehead atoms. The molecule has 2 aromatic rings. The Kier molecular flexibility index (Phi) is 4.53. The van der Waals surface area contributed by atoms with Gasteiger partial charge in [0.2, 0.25) is 0 Å². The van der Waals surface area contributed by atoms with E-state index in [2.05, 4.69) is 0 Å². The van der Waals surface area contributed by atoms with Crippen LogP contribution in [0.15, 0.2) is 54.6 Å². The fourth-order valence-electron chi connectivity index (χ4n) is 1.74. The summed E-state index contributed by atoms with van der Waals surface area (Å²) in [6, 6.07) is 17.7. The zero-order valence-corrected chi connectivity index (χ0v) is 10.2. The molecule has 0 aromatic heterocycles. The van der Waals surface area contributed by atoms with Crippen molar-refractivity contribution >= 4 is 6.29 Å². The van der Waals surface area contributed by atoms with Gasteiger partial charge in [-0.25, -0.2) is 0 Å². The summed E-state index contributed by atoms with van der Waals surface area (Å²) in [4.78, 5) is 10.2. The number of carbonyl (C=O) groups excluding carboxylic acids is 1. The molecule has 0 saturated carbocycles. The quantitative estimate of drug-likeness (QED) is 0.563. The summed E-state index contributed by atoms with van der Waals surface area (Å²) in [6.45, 7) is 0. The van der Waals surface area contributed by atoms with Crippen molar-refractivity contribution in [3.8, 4) is 11.5 Å². The van der Waals surface area contributed by atoms with E-state index in [1.54, 1.807) is 0 Å². The molecular weight excluding hydrogens is 224 g/mol. The molecule has 0 amide bonds. The van der Waals surface area contributed by atoms with Crippen LogP contribution < -0.4 is 4.74 Å². The van der Waals surface area contributed by atoms with Gasteiger partial charge in [0.1, 0.15) is 17.8 Å². The predicted molar refractivity (Wildman–Crippen MR) is 72.0 cm³/mol. The number of para-hydroxylation sites is 1. The number of aryl methyl sites for hydroxylation is 1. The van der Waals surface area contributed by atoms with Crippen molar-refractivity contribution in [2.24, 2.45) is 0 Å². The number of rotatable bonds is 6. The second-order valence-corrected chi connectivity index (χ2v) is 4.12. The van der Waals surface area contributed by atoms with Gasteiger partial charge in [0.15, 0.2) is 0 Å². The lowest BCUT2D eigenvalue weighted by molar-refractivity contribution is -0.107. The van der Waals surface area contributed by atoms with Crippen molar-refractivity contribution in [3.63, 3.8) is 0 Å². The van der Waals surface area contributed by atoms with Crippen LogP contribution in [0, 0.1) is 0 Å². The van der Waals surface area contributed by atoms with Gasteiger partial charge in [0.05, 0.1) is 0 Å². The highest BCUT2D eigenvalue weighted by atomic mass is 16.5. The summed E-state index contributed by atoms with van der Waals surface area (Å²) in [7, 11) is 0. The summed E-state index contributed by atoms with van der Waals surface area (Å²) in [5.74, 6) is 1.67. The molecule has 0 heterocycles. The van der Waals surface area contributed by atoms with E-state index in [0.29, 0.717) is 6.42 Å². The van der Waals surface area contributed by atoms with Gasteiger partial charge in [-0.05, 0) is 42.7 Å². The fraction of sp³-hybridized carbons (Fsp3) is 0.188. The van der Waals surface area contributed by atoms with Crippen LogP contribution in [0.5, 0.6) is 11.5 Å². The molecule has 2 nitrogen and oxygen atoms in total. The minimum absolute atomic E-state index is 0.627. The molecule has 0 fully saturated rings. The van der Waals surface area contributed by atoms with Gasteiger partial charge >= 0.3 is 0 Å². The highest BCUT2D eigenvalue weighted by molar-refractivity contribution is 5.49. The first kappa shape index (κ1) is 12.4. The maximum atomic E-state index is 10.2. The SMILES string of the molecule is O=CCCCc1ccc(Oc2ccccc2)cc1. The van der Waals surface area contributed by atoms with Crippen molar-refractivity contribution in [2.45, 2.75) is 19.3 Å². The Bertz CT molecular complexity index is 474. The number of hydrogen-bond acceptors (Lipinski definition) is 2. The highest BCUT2D eigenvalue weighted by Gasteiger charge is 1.97. The lowest BCUT2D eigenvalue weighted by Gasteiger charge is -2.06. The number of benzene rings is 2. The minimum atomic E-state index is 0.627. The third-order valence-electron chi connectivity index (χ3n) is 2.69. The van der Waals surface area contributed by atoms with E-state index in [1.165, 1.54) is 5.56 Å². The van der Waals surface area contributed by atoms with Crippen molar-refractivity contribution in [1.29, 1.82) is 0 Å². The second kappa shape index (κ2) is 6.60. The Hall–Kier alpha value is -2.09. The first-order valence-corrected chi connectivity index (χ1v) is 6.14. The van der Waals surface area contributed by atoms with E-state index >= 15 is 0 Å². The average Bonchev–Trinajstić information content (AvgIpc) is 2.42. The lowest BCUT2D eigenvalue weighted by atomic mass is 10.1. The summed E-state index contributed by atoms with van der Waals surface area (Å²) in [5.41, 5.74) is 1.23. The molecule has 0 unspecified atom stereocenters. The molecular formula is C16H16O2. The first-order valence-electron chi connectivity index (χ1n) is 6.14. The van der Waals surface area contributed by atoms with Crippen LogP contribution in [0.3, 0.4) is 0 Å². The first-order chi connectivity index (χ1) is 8.88. The van der Waals surface area contributed by atoms with Gasteiger partial charge in [0.25, 0.3) is 0 Å². The van der Waals surface area contributed by atoms with Crippen LogP contribution in [0.1, 0.15) is 18.4 Å². The molecule has 0 N–H and O–H groups in total. The van der Waals surface area contributed by atoms with Crippen molar-refractivity contribution < 1.29 is 9.53 Å². The zero-order valence-electron chi connectivity index (χ0n) is 10.2. The zero-order chi connectivity index (χ0) is 12.6. The molecule has 0 spiro atoms. The van der Waals surface area contributed by atoms with Gasteiger partial charge in [0, 0.05) is 6.42 Å². The molecule has 0 aliphatic rings. The molecule has 18 heavy (non-hydrogen) atoms. The maximum absolute atomic E-state index is 10.2. The molecule has 0 atom stereocenters. The van der Waals surface area contributed by atoms with E-state index in [-0.39, 0.29) is 0 Å². The summed E-state index contributed by atoms with van der Waals surface area (Å²) >= 11 is 0. The third kappa shape index (κ3) is 3.74. The van der Waals surface area contributed by atoms with Crippen LogP contribution in [0.2, 0.25) is 0 Å². The predicted octanol–water partition coefficient (Wildman–Crippen LogP) is 4.00. The highest BCUT2D eigenvalue weighted by Crippen LogP contribution is 2.21. The van der Waals surface area contributed by atoms with Gasteiger partial charge in [-0.3, -0.25) is 0 Å². The molecule has 0 saturated heterocycles. The second-order valence-electron chi connectivity index (χ2n) is 4.12. The molecule has 0 radical (unpaired) electrons. The molecule has 2 aromatic carbocycles. The number of aldehydes is 1. The smallest absolute Gasteiger partial charge is 0.127 e. The average molecular weight is 240 g/mol. The number of hydrogen-bond donors (Lipinski definition) is 0. The van der Waals surface area contributed by atoms with E-state index in [1.807, 2.05) is 54.6 Å². The van der Waals surface area contributed by atoms with Gasteiger partial charge < -0.3 is 9.53 Å².